The monoisotopic (exact) mass is 538 g/mol. The van der Waals surface area contributed by atoms with E-state index in [1.54, 1.807) is 0 Å². The molecule has 0 aliphatic carbocycles. The van der Waals surface area contributed by atoms with Crippen LogP contribution < -0.4 is 39.8 Å². The number of carboxylic acids is 2. The van der Waals surface area contributed by atoms with Crippen LogP contribution in [0.2, 0.25) is 0 Å². The van der Waals surface area contributed by atoms with Crippen molar-refractivity contribution >= 4 is 11.9 Å². The van der Waals surface area contributed by atoms with Gasteiger partial charge in [-0.25, -0.2) is 0 Å². The molecule has 0 saturated heterocycles. The fraction of sp³-hybridized carbons (Fsp3) is 0.500. The molecule has 0 saturated carbocycles. The zero-order valence-corrected chi connectivity index (χ0v) is 25.1. The van der Waals surface area contributed by atoms with Crippen molar-refractivity contribution in [1.29, 1.82) is 0 Å². The number of aliphatic carboxylic acids is 2. The number of carbonyl (C=O) groups is 2. The van der Waals surface area contributed by atoms with Gasteiger partial charge in [0, 0.05) is 30.3 Å². The number of hydrogen-bond acceptors (Lipinski definition) is 5. The Morgan fingerprint density at radius 3 is 1.60 bits per heavy atom. The molecule has 0 fully saturated rings. The molecule has 0 unspecified atom stereocenters. The van der Waals surface area contributed by atoms with Gasteiger partial charge in [-0.2, -0.15) is 6.42 Å². The molecule has 0 N–H and O–H groups in total. The second-order valence-electron chi connectivity index (χ2n) is 7.65. The third-order valence-corrected chi connectivity index (χ3v) is 4.31. The molecular weight excluding hydrogens is 496 g/mol. The van der Waals surface area contributed by atoms with Crippen molar-refractivity contribution in [3.8, 4) is 0 Å². The second kappa shape index (κ2) is 32.8. The van der Waals surface area contributed by atoms with Gasteiger partial charge in [-0.05, 0) is 31.5 Å². The van der Waals surface area contributed by atoms with E-state index in [2.05, 4.69) is 43.1 Å². The maximum Gasteiger partial charge on any atom is 2.00 e. The zero-order chi connectivity index (χ0) is 25.2. The first kappa shape index (κ1) is 41.0. The van der Waals surface area contributed by atoms with Gasteiger partial charge in [-0.1, -0.05) is 101 Å². The van der Waals surface area contributed by atoms with Crippen LogP contribution in [-0.4, -0.2) is 16.9 Å². The van der Waals surface area contributed by atoms with Crippen molar-refractivity contribution in [2.75, 3.05) is 0 Å². The summed E-state index contributed by atoms with van der Waals surface area (Å²) in [5.74, 6) is -2.17. The average Bonchev–Trinajstić information content (AvgIpc) is 2.77. The molecule has 193 valence electrons. The molecule has 0 aliphatic rings. The van der Waals surface area contributed by atoms with Crippen LogP contribution in [0.25, 0.3) is 0 Å². The number of hydrogen-bond donors (Lipinski definition) is 0. The van der Waals surface area contributed by atoms with Gasteiger partial charge in [-0.3, -0.25) is 4.98 Å². The standard InChI is InChI=1S/C12H11N.C12H25.2C2H4O2.Co.Na/c1-2-6-11(7-3-1)10-12-8-4-5-9-13-12;1-3-5-7-9-11-12-10-8-6-4-2;2*1-2(3)4;;/h1-9H,10H2;1,3-12H2,2H3;2*1H3,(H,3,4);;/q;-1;;;+2;+1/p-2. The molecule has 5 nitrogen and oxygen atoms in total. The molecule has 35 heavy (non-hydrogen) atoms. The number of benzene rings is 1. The van der Waals surface area contributed by atoms with Gasteiger partial charge in [-0.15, -0.1) is 0 Å². The molecule has 0 spiro atoms. The van der Waals surface area contributed by atoms with E-state index in [0.717, 1.165) is 32.4 Å². The molecule has 0 amide bonds. The largest absolute Gasteiger partial charge is 2.00 e. The summed E-state index contributed by atoms with van der Waals surface area (Å²) in [5, 5.41) is 17.8. The Hall–Kier alpha value is -1.18. The number of unbranched alkanes of at least 4 members (excludes halogenated alkanes) is 9. The SMILES string of the molecule is CC(=O)[O-].CC(=O)[O-].[CH2-]CCCCCCCCCCC.[Co+2].[Na+].c1ccc(Cc2ccccn2)cc1. The van der Waals surface area contributed by atoms with E-state index in [9.17, 15) is 0 Å². The Balaban J connectivity index is -0.000000203. The topological polar surface area (TPSA) is 93.1 Å². The first-order valence-corrected chi connectivity index (χ1v) is 11.9. The molecule has 7 heteroatoms. The number of nitrogens with zero attached hydrogens (tertiary/aromatic N) is 1. The summed E-state index contributed by atoms with van der Waals surface area (Å²) >= 11 is 0. The molecule has 1 heterocycles. The quantitative estimate of drug-likeness (QED) is 0.248. The molecule has 2 rings (SSSR count). The Kier molecular flexibility index (Phi) is 38.4. The Morgan fingerprint density at radius 2 is 1.20 bits per heavy atom. The number of aromatic nitrogens is 1. The van der Waals surface area contributed by atoms with E-state index < -0.39 is 11.9 Å². The van der Waals surface area contributed by atoms with E-state index in [1.165, 1.54) is 63.4 Å². The van der Waals surface area contributed by atoms with Crippen LogP contribution in [0.5, 0.6) is 0 Å². The number of pyridine rings is 1. The number of rotatable bonds is 11. The normalized spacial score (nSPS) is 8.69. The van der Waals surface area contributed by atoms with Crippen LogP contribution in [-0.2, 0) is 32.8 Å². The molecule has 0 bridgehead atoms. The van der Waals surface area contributed by atoms with Gasteiger partial charge < -0.3 is 26.7 Å². The third-order valence-electron chi connectivity index (χ3n) is 4.31. The van der Waals surface area contributed by atoms with Crippen molar-refractivity contribution in [3.63, 3.8) is 0 Å². The van der Waals surface area contributed by atoms with Crippen molar-refractivity contribution in [2.45, 2.75) is 91.4 Å². The van der Waals surface area contributed by atoms with E-state index in [-0.39, 0.29) is 46.3 Å². The summed E-state index contributed by atoms with van der Waals surface area (Å²) < 4.78 is 0. The van der Waals surface area contributed by atoms with Gasteiger partial charge in [0.05, 0.1) is 0 Å². The van der Waals surface area contributed by atoms with Gasteiger partial charge in [0.15, 0.2) is 0 Å². The maximum atomic E-state index is 8.89. The Labute approximate surface area is 246 Å². The summed E-state index contributed by atoms with van der Waals surface area (Å²) in [5.41, 5.74) is 2.43. The fourth-order valence-electron chi connectivity index (χ4n) is 2.80. The van der Waals surface area contributed by atoms with Crippen LogP contribution >= 0.6 is 0 Å². The molecule has 0 atom stereocenters. The van der Waals surface area contributed by atoms with Crippen molar-refractivity contribution in [1.82, 2.24) is 4.98 Å². The van der Waals surface area contributed by atoms with Crippen LogP contribution in [0.1, 0.15) is 96.2 Å². The maximum absolute atomic E-state index is 8.89. The van der Waals surface area contributed by atoms with Crippen LogP contribution in [0.4, 0.5) is 0 Å². The molecule has 1 aromatic carbocycles. The minimum Gasteiger partial charge on any atom is -0.550 e. The second-order valence-corrected chi connectivity index (χ2v) is 7.65. The van der Waals surface area contributed by atoms with Gasteiger partial charge in [0.2, 0.25) is 0 Å². The smallest absolute Gasteiger partial charge is 0.550 e. The Bertz CT molecular complexity index is 620. The predicted molar refractivity (Wildman–Crippen MR) is 132 cm³/mol. The van der Waals surface area contributed by atoms with E-state index in [4.69, 9.17) is 19.8 Å². The van der Waals surface area contributed by atoms with Crippen molar-refractivity contribution < 1.29 is 66.1 Å². The fourth-order valence-corrected chi connectivity index (χ4v) is 2.80. The van der Waals surface area contributed by atoms with Gasteiger partial charge >= 0.3 is 46.3 Å². The van der Waals surface area contributed by atoms with Gasteiger partial charge in [0.25, 0.3) is 0 Å². The molecule has 1 aromatic heterocycles. The zero-order valence-electron chi connectivity index (χ0n) is 22.1. The van der Waals surface area contributed by atoms with Crippen molar-refractivity contribution in [3.05, 3.63) is 72.9 Å². The van der Waals surface area contributed by atoms with Crippen LogP contribution in [0.15, 0.2) is 54.7 Å². The molecule has 2 aromatic rings. The Morgan fingerprint density at radius 1 is 0.771 bits per heavy atom. The minimum absolute atomic E-state index is 0. The van der Waals surface area contributed by atoms with E-state index in [1.807, 2.05) is 30.5 Å². The summed E-state index contributed by atoms with van der Waals surface area (Å²) in [6.45, 7) is 8.06. The number of carbonyl (C=O) groups excluding carboxylic acids is 2. The van der Waals surface area contributed by atoms with E-state index in [0.29, 0.717) is 0 Å². The van der Waals surface area contributed by atoms with Gasteiger partial charge in [0.1, 0.15) is 0 Å². The molecular formula is C28H42CoNNaO4. The average molecular weight is 539 g/mol. The predicted octanol–water partition coefficient (Wildman–Crippen LogP) is 1.93. The van der Waals surface area contributed by atoms with Crippen LogP contribution in [0, 0.1) is 6.92 Å². The molecule has 0 aliphatic heterocycles. The molecule has 1 radical (unpaired) electrons. The first-order chi connectivity index (χ1) is 15.8. The summed E-state index contributed by atoms with van der Waals surface area (Å²) in [4.78, 5) is 22.1. The number of carboxylic acid groups (broad SMARTS) is 2. The summed E-state index contributed by atoms with van der Waals surface area (Å²) in [6.07, 6.45) is 16.6. The summed E-state index contributed by atoms with van der Waals surface area (Å²) in [7, 11) is 0. The van der Waals surface area contributed by atoms with Crippen molar-refractivity contribution in [2.24, 2.45) is 0 Å². The summed E-state index contributed by atoms with van der Waals surface area (Å²) in [6, 6.07) is 16.4. The minimum atomic E-state index is -1.08. The van der Waals surface area contributed by atoms with Crippen LogP contribution in [0.3, 0.4) is 0 Å². The first-order valence-electron chi connectivity index (χ1n) is 11.9. The van der Waals surface area contributed by atoms with E-state index >= 15 is 0 Å². The third kappa shape index (κ3) is 40.3.